The first kappa shape index (κ1) is 20.2. The van der Waals surface area contributed by atoms with Gasteiger partial charge in [-0.1, -0.05) is 17.7 Å². The van der Waals surface area contributed by atoms with Crippen LogP contribution in [0.4, 0.5) is 5.69 Å². The van der Waals surface area contributed by atoms with E-state index in [4.69, 9.17) is 11.6 Å². The number of hydrogen-bond acceptors (Lipinski definition) is 7. The SMILES string of the molecule is Cc1ccc(NS(=O)(=O)c2cc(S(C)(=O)=O)ccc2Cl)cc1-n1nnnc1C. The van der Waals surface area contributed by atoms with Crippen LogP contribution in [0.5, 0.6) is 0 Å². The van der Waals surface area contributed by atoms with Crippen molar-refractivity contribution in [2.24, 2.45) is 0 Å². The summed E-state index contributed by atoms with van der Waals surface area (Å²) in [5.74, 6) is 0.534. The number of nitrogens with zero attached hydrogens (tertiary/aromatic N) is 4. The first-order valence-corrected chi connectivity index (χ1v) is 11.6. The standard InChI is InChI=1S/C16H16ClN5O4S2/c1-10-4-5-12(8-15(10)22-11(2)18-20-21-22)19-28(25,26)16-9-13(27(3,23)24)6-7-14(16)17/h4-9,19H,1-3H3. The molecular weight excluding hydrogens is 426 g/mol. The third kappa shape index (κ3) is 4.01. The Morgan fingerprint density at radius 1 is 1.04 bits per heavy atom. The quantitative estimate of drug-likeness (QED) is 0.643. The van der Waals surface area contributed by atoms with E-state index in [-0.39, 0.29) is 20.5 Å². The molecule has 0 amide bonds. The molecule has 0 radical (unpaired) electrons. The smallest absolute Gasteiger partial charge is 0.263 e. The number of sulfonamides is 1. The highest BCUT2D eigenvalue weighted by Crippen LogP contribution is 2.28. The van der Waals surface area contributed by atoms with Crippen molar-refractivity contribution in [1.29, 1.82) is 0 Å². The molecule has 148 valence electrons. The Morgan fingerprint density at radius 2 is 1.75 bits per heavy atom. The van der Waals surface area contributed by atoms with Gasteiger partial charge in [0, 0.05) is 6.26 Å². The summed E-state index contributed by atoms with van der Waals surface area (Å²) in [6, 6.07) is 8.37. The summed E-state index contributed by atoms with van der Waals surface area (Å²) < 4.78 is 53.0. The lowest BCUT2D eigenvalue weighted by Gasteiger charge is -2.13. The minimum Gasteiger partial charge on any atom is -0.280 e. The summed E-state index contributed by atoms with van der Waals surface area (Å²) in [7, 11) is -7.74. The van der Waals surface area contributed by atoms with Gasteiger partial charge in [0.2, 0.25) is 0 Å². The zero-order valence-corrected chi connectivity index (χ0v) is 17.5. The Morgan fingerprint density at radius 3 is 2.36 bits per heavy atom. The zero-order valence-electron chi connectivity index (χ0n) is 15.1. The van der Waals surface area contributed by atoms with E-state index in [0.29, 0.717) is 11.5 Å². The van der Waals surface area contributed by atoms with Crippen molar-refractivity contribution in [2.45, 2.75) is 23.6 Å². The Bertz CT molecular complexity index is 1270. The van der Waals surface area contributed by atoms with Crippen LogP contribution < -0.4 is 4.72 Å². The van der Waals surface area contributed by atoms with Gasteiger partial charge in [-0.05, 0) is 60.2 Å². The van der Waals surface area contributed by atoms with Gasteiger partial charge in [0.05, 0.1) is 21.3 Å². The number of nitrogens with one attached hydrogen (secondary N) is 1. The lowest BCUT2D eigenvalue weighted by atomic mass is 10.2. The third-order valence-electron chi connectivity index (χ3n) is 3.94. The van der Waals surface area contributed by atoms with E-state index in [9.17, 15) is 16.8 Å². The number of halogens is 1. The summed E-state index contributed by atoms with van der Waals surface area (Å²) in [4.78, 5) is -0.482. The molecule has 1 aromatic heterocycles. The summed E-state index contributed by atoms with van der Waals surface area (Å²) in [6.45, 7) is 3.55. The molecule has 0 unspecified atom stereocenters. The maximum atomic E-state index is 12.8. The molecule has 1 N–H and O–H groups in total. The summed E-state index contributed by atoms with van der Waals surface area (Å²) in [6.07, 6.45) is 0.987. The summed E-state index contributed by atoms with van der Waals surface area (Å²) in [5, 5.41) is 11.2. The highest BCUT2D eigenvalue weighted by molar-refractivity contribution is 7.93. The Labute approximate surface area is 167 Å². The Hall–Kier alpha value is -2.50. The van der Waals surface area contributed by atoms with E-state index >= 15 is 0 Å². The topological polar surface area (TPSA) is 124 Å². The average molecular weight is 442 g/mol. The number of tetrazole rings is 1. The van der Waals surface area contributed by atoms with Crippen molar-refractivity contribution in [2.75, 3.05) is 11.0 Å². The first-order chi connectivity index (χ1) is 13.0. The molecule has 0 saturated heterocycles. The van der Waals surface area contributed by atoms with Crippen LogP contribution >= 0.6 is 11.6 Å². The molecule has 1 heterocycles. The van der Waals surface area contributed by atoms with Crippen LogP contribution in [-0.4, -0.2) is 43.3 Å². The van der Waals surface area contributed by atoms with Crippen LogP contribution in [0, 0.1) is 13.8 Å². The fraction of sp³-hybridized carbons (Fsp3) is 0.188. The zero-order chi connectivity index (χ0) is 20.7. The van der Waals surface area contributed by atoms with Crippen molar-refractivity contribution in [3.63, 3.8) is 0 Å². The third-order valence-corrected chi connectivity index (χ3v) is 6.91. The van der Waals surface area contributed by atoms with Gasteiger partial charge < -0.3 is 0 Å². The van der Waals surface area contributed by atoms with Gasteiger partial charge in [-0.15, -0.1) is 5.10 Å². The predicted octanol–water partition coefficient (Wildman–Crippen LogP) is 2.14. The molecule has 0 saturated carbocycles. The van der Waals surface area contributed by atoms with Gasteiger partial charge in [0.15, 0.2) is 15.7 Å². The van der Waals surface area contributed by atoms with Crippen LogP contribution in [0.25, 0.3) is 5.69 Å². The fourth-order valence-corrected chi connectivity index (χ4v) is 4.78. The Kier molecular flexibility index (Phi) is 5.17. The number of anilines is 1. The molecule has 2 aromatic carbocycles. The van der Waals surface area contributed by atoms with Gasteiger partial charge in [-0.25, -0.2) is 16.8 Å². The average Bonchev–Trinajstić information content (AvgIpc) is 3.01. The number of aryl methyl sites for hydroxylation is 2. The first-order valence-electron chi connectivity index (χ1n) is 7.87. The number of benzene rings is 2. The number of aromatic nitrogens is 4. The minimum absolute atomic E-state index is 0.0939. The van der Waals surface area contributed by atoms with Crippen molar-refractivity contribution in [3.05, 3.63) is 52.8 Å². The molecule has 9 nitrogen and oxygen atoms in total. The minimum atomic E-state index is -4.14. The van der Waals surface area contributed by atoms with Crippen LogP contribution in [0.15, 0.2) is 46.2 Å². The van der Waals surface area contributed by atoms with Crippen LogP contribution in [0.3, 0.4) is 0 Å². The fourth-order valence-electron chi connectivity index (χ4n) is 2.49. The van der Waals surface area contributed by atoms with E-state index in [1.54, 1.807) is 25.1 Å². The second-order valence-corrected chi connectivity index (χ2v) is 10.2. The molecule has 28 heavy (non-hydrogen) atoms. The normalized spacial score (nSPS) is 12.1. The van der Waals surface area contributed by atoms with Gasteiger partial charge in [-0.2, -0.15) is 4.68 Å². The summed E-state index contributed by atoms with van der Waals surface area (Å²) in [5.41, 5.74) is 1.67. The number of sulfone groups is 1. The van der Waals surface area contributed by atoms with E-state index < -0.39 is 19.9 Å². The van der Waals surface area contributed by atoms with Crippen molar-refractivity contribution < 1.29 is 16.8 Å². The van der Waals surface area contributed by atoms with Crippen molar-refractivity contribution in [3.8, 4) is 5.69 Å². The van der Waals surface area contributed by atoms with Gasteiger partial charge in [0.1, 0.15) is 4.90 Å². The maximum absolute atomic E-state index is 12.8. The van der Waals surface area contributed by atoms with E-state index in [2.05, 4.69) is 20.2 Å². The largest absolute Gasteiger partial charge is 0.280 e. The van der Waals surface area contributed by atoms with Gasteiger partial charge >= 0.3 is 0 Å². The van der Waals surface area contributed by atoms with Crippen LogP contribution in [0.1, 0.15) is 11.4 Å². The van der Waals surface area contributed by atoms with Crippen molar-refractivity contribution in [1.82, 2.24) is 20.2 Å². The molecule has 12 heteroatoms. The predicted molar refractivity (Wildman–Crippen MR) is 104 cm³/mol. The molecule has 3 rings (SSSR count). The molecule has 0 spiro atoms. The van der Waals surface area contributed by atoms with E-state index in [0.717, 1.165) is 17.9 Å². The summed E-state index contributed by atoms with van der Waals surface area (Å²) >= 11 is 6.01. The molecule has 0 aliphatic rings. The number of hydrogen-bond donors (Lipinski definition) is 1. The molecule has 3 aromatic rings. The van der Waals surface area contributed by atoms with Gasteiger partial charge in [-0.3, -0.25) is 4.72 Å². The van der Waals surface area contributed by atoms with E-state index in [1.807, 2.05) is 6.92 Å². The highest BCUT2D eigenvalue weighted by atomic mass is 35.5. The van der Waals surface area contributed by atoms with Crippen LogP contribution in [-0.2, 0) is 19.9 Å². The monoisotopic (exact) mass is 441 g/mol. The Balaban J connectivity index is 2.04. The molecule has 0 aliphatic carbocycles. The van der Waals surface area contributed by atoms with E-state index in [1.165, 1.54) is 16.8 Å². The second kappa shape index (κ2) is 7.15. The molecular formula is C16H16ClN5O4S2. The number of rotatable bonds is 5. The highest BCUT2D eigenvalue weighted by Gasteiger charge is 2.22. The van der Waals surface area contributed by atoms with Gasteiger partial charge in [0.25, 0.3) is 10.0 Å². The molecule has 0 atom stereocenters. The molecule has 0 bridgehead atoms. The lowest BCUT2D eigenvalue weighted by Crippen LogP contribution is -2.15. The lowest BCUT2D eigenvalue weighted by molar-refractivity contribution is 0.600. The van der Waals surface area contributed by atoms with Crippen molar-refractivity contribution >= 4 is 37.1 Å². The molecule has 0 fully saturated rings. The van der Waals surface area contributed by atoms with Crippen LogP contribution in [0.2, 0.25) is 5.02 Å². The second-order valence-electron chi connectivity index (χ2n) is 6.11. The maximum Gasteiger partial charge on any atom is 0.263 e. The molecule has 0 aliphatic heterocycles.